The van der Waals surface area contributed by atoms with Crippen LogP contribution in [-0.4, -0.2) is 59.7 Å². The third kappa shape index (κ3) is 3.77. The van der Waals surface area contributed by atoms with Crippen LogP contribution in [0.25, 0.3) is 11.1 Å². The van der Waals surface area contributed by atoms with Gasteiger partial charge in [0.1, 0.15) is 5.52 Å². The van der Waals surface area contributed by atoms with Crippen molar-refractivity contribution < 1.29 is 9.15 Å². The Morgan fingerprint density at radius 3 is 2.73 bits per heavy atom. The van der Waals surface area contributed by atoms with Gasteiger partial charge in [-0.2, -0.15) is 4.98 Å². The highest BCUT2D eigenvalue weighted by atomic mass is 16.5. The number of hydrogen-bond donors (Lipinski definition) is 0. The lowest BCUT2D eigenvalue weighted by molar-refractivity contribution is 0.251. The maximum Gasteiger partial charge on any atom is 0.228 e. The van der Waals surface area contributed by atoms with Crippen LogP contribution in [0.5, 0.6) is 5.88 Å². The highest BCUT2D eigenvalue weighted by Gasteiger charge is 2.19. The normalized spacial score (nSPS) is 15.5. The molecule has 2 aromatic heterocycles. The van der Waals surface area contributed by atoms with Crippen molar-refractivity contribution >= 4 is 17.0 Å². The third-order valence-corrected chi connectivity index (χ3v) is 4.68. The molecule has 0 N–H and O–H groups in total. The van der Waals surface area contributed by atoms with Gasteiger partial charge in [-0.1, -0.05) is 12.1 Å². The first-order chi connectivity index (χ1) is 12.8. The van der Waals surface area contributed by atoms with E-state index < -0.39 is 0 Å². The number of oxazole rings is 1. The van der Waals surface area contributed by atoms with Crippen LogP contribution in [0.1, 0.15) is 12.3 Å². The van der Waals surface area contributed by atoms with E-state index in [1.807, 2.05) is 24.3 Å². The number of nitrogens with zero attached hydrogens (tertiary/aromatic N) is 5. The Kier molecular flexibility index (Phi) is 4.97. The molecule has 0 radical (unpaired) electrons. The van der Waals surface area contributed by atoms with Crippen molar-refractivity contribution in [1.82, 2.24) is 19.9 Å². The first-order valence-electron chi connectivity index (χ1n) is 9.00. The predicted molar refractivity (Wildman–Crippen MR) is 99.6 cm³/mol. The van der Waals surface area contributed by atoms with E-state index in [0.29, 0.717) is 5.88 Å². The Morgan fingerprint density at radius 2 is 1.92 bits per heavy atom. The summed E-state index contributed by atoms with van der Waals surface area (Å²) in [4.78, 5) is 18.0. The second kappa shape index (κ2) is 7.70. The minimum atomic E-state index is 0.607. The smallest absolute Gasteiger partial charge is 0.228 e. The van der Waals surface area contributed by atoms with Crippen molar-refractivity contribution in [3.05, 3.63) is 42.4 Å². The van der Waals surface area contributed by atoms with Gasteiger partial charge in [-0.3, -0.25) is 4.90 Å². The average Bonchev–Trinajstić information content (AvgIpc) is 3.11. The Bertz CT molecular complexity index is 825. The molecule has 0 aliphatic carbocycles. The minimum Gasteiger partial charge on any atom is -0.481 e. The van der Waals surface area contributed by atoms with Crippen molar-refractivity contribution in [2.45, 2.75) is 12.8 Å². The fraction of sp³-hybridized carbons (Fsp3) is 0.421. The maximum absolute atomic E-state index is 5.79. The van der Waals surface area contributed by atoms with Gasteiger partial charge >= 0.3 is 0 Å². The zero-order valence-corrected chi connectivity index (χ0v) is 15.0. The van der Waals surface area contributed by atoms with Crippen LogP contribution >= 0.6 is 0 Å². The lowest BCUT2D eigenvalue weighted by Crippen LogP contribution is -2.47. The molecule has 3 heterocycles. The number of hydrogen-bond acceptors (Lipinski definition) is 7. The van der Waals surface area contributed by atoms with Gasteiger partial charge in [0.25, 0.3) is 0 Å². The molecule has 1 aliphatic rings. The summed E-state index contributed by atoms with van der Waals surface area (Å²) in [6.45, 7) is 4.92. The summed E-state index contributed by atoms with van der Waals surface area (Å²) in [6, 6.07) is 9.68. The summed E-state index contributed by atoms with van der Waals surface area (Å²) in [5.41, 5.74) is 1.81. The molecule has 1 aromatic carbocycles. The minimum absolute atomic E-state index is 0.607. The van der Waals surface area contributed by atoms with Crippen LogP contribution in [0.2, 0.25) is 0 Å². The topological polar surface area (TPSA) is 67.5 Å². The van der Waals surface area contributed by atoms with Crippen LogP contribution in [0, 0.1) is 0 Å². The first kappa shape index (κ1) is 16.8. The molecule has 7 nitrogen and oxygen atoms in total. The third-order valence-electron chi connectivity index (χ3n) is 4.68. The molecule has 4 rings (SSSR count). The number of rotatable bonds is 6. The number of para-hydroxylation sites is 2. The van der Waals surface area contributed by atoms with Crippen molar-refractivity contribution in [2.24, 2.45) is 0 Å². The number of piperazine rings is 1. The number of anilines is 1. The van der Waals surface area contributed by atoms with Crippen LogP contribution in [-0.2, 0) is 6.42 Å². The molecule has 1 saturated heterocycles. The molecule has 0 saturated carbocycles. The van der Waals surface area contributed by atoms with Gasteiger partial charge < -0.3 is 14.1 Å². The zero-order valence-electron chi connectivity index (χ0n) is 15.0. The summed E-state index contributed by atoms with van der Waals surface area (Å²) >= 11 is 0. The Labute approximate surface area is 152 Å². The molecule has 0 unspecified atom stereocenters. The lowest BCUT2D eigenvalue weighted by atomic mass is 10.2. The fourth-order valence-electron chi connectivity index (χ4n) is 3.25. The summed E-state index contributed by atoms with van der Waals surface area (Å²) in [7, 11) is 1.63. The lowest BCUT2D eigenvalue weighted by Gasteiger charge is -2.34. The van der Waals surface area contributed by atoms with Crippen molar-refractivity contribution in [2.75, 3.05) is 44.7 Å². The molecule has 0 bridgehead atoms. The maximum atomic E-state index is 5.79. The molecular formula is C19H23N5O2. The van der Waals surface area contributed by atoms with Crippen molar-refractivity contribution in [3.8, 4) is 5.88 Å². The van der Waals surface area contributed by atoms with Gasteiger partial charge in [-0.15, -0.1) is 0 Å². The van der Waals surface area contributed by atoms with Gasteiger partial charge in [0.15, 0.2) is 11.5 Å². The van der Waals surface area contributed by atoms with E-state index >= 15 is 0 Å². The van der Waals surface area contributed by atoms with Crippen LogP contribution in [0.15, 0.2) is 40.9 Å². The zero-order chi connectivity index (χ0) is 17.8. The van der Waals surface area contributed by atoms with Crippen molar-refractivity contribution in [3.63, 3.8) is 0 Å². The van der Waals surface area contributed by atoms with Gasteiger partial charge in [0, 0.05) is 44.9 Å². The molecule has 0 spiro atoms. The molecular weight excluding hydrogens is 330 g/mol. The largest absolute Gasteiger partial charge is 0.481 e. The van der Waals surface area contributed by atoms with Gasteiger partial charge in [-0.25, -0.2) is 9.97 Å². The number of ether oxygens (including phenoxy) is 1. The monoisotopic (exact) mass is 353 g/mol. The number of fused-ring (bicyclic) bond motifs is 1. The molecule has 0 amide bonds. The molecule has 1 aliphatic heterocycles. The van der Waals surface area contributed by atoms with E-state index in [1.54, 1.807) is 19.4 Å². The Balaban J connectivity index is 1.25. The van der Waals surface area contributed by atoms with Crippen LogP contribution < -0.4 is 9.64 Å². The van der Waals surface area contributed by atoms with E-state index in [9.17, 15) is 0 Å². The summed E-state index contributed by atoms with van der Waals surface area (Å²) in [5, 5.41) is 0. The molecule has 3 aromatic rings. The quantitative estimate of drug-likeness (QED) is 0.674. The van der Waals surface area contributed by atoms with Crippen LogP contribution in [0.4, 0.5) is 5.95 Å². The molecule has 26 heavy (non-hydrogen) atoms. The van der Waals surface area contributed by atoms with Gasteiger partial charge in [0.2, 0.25) is 11.8 Å². The first-order valence-corrected chi connectivity index (χ1v) is 9.00. The fourth-order valence-corrected chi connectivity index (χ4v) is 3.25. The SMILES string of the molecule is COc1ccnc(N2CCN(CCCc3nc4ccccc4o3)CC2)n1. The summed E-state index contributed by atoms with van der Waals surface area (Å²) in [5.74, 6) is 2.18. The Morgan fingerprint density at radius 1 is 1.08 bits per heavy atom. The standard InChI is InChI=1S/C19H23N5O2/c1-25-17-8-9-20-19(22-17)24-13-11-23(12-14-24)10-4-7-18-21-15-5-2-3-6-16(15)26-18/h2-3,5-6,8-9H,4,7,10-14H2,1H3. The predicted octanol–water partition coefficient (Wildman–Crippen LogP) is 2.38. The van der Waals surface area contributed by atoms with E-state index in [0.717, 1.165) is 68.5 Å². The van der Waals surface area contributed by atoms with Gasteiger partial charge in [-0.05, 0) is 25.1 Å². The number of aromatic nitrogens is 3. The average molecular weight is 353 g/mol. The second-order valence-electron chi connectivity index (χ2n) is 6.41. The van der Waals surface area contributed by atoms with E-state index in [2.05, 4.69) is 24.8 Å². The Hall–Kier alpha value is -2.67. The molecule has 1 fully saturated rings. The van der Waals surface area contributed by atoms with Gasteiger partial charge in [0.05, 0.1) is 7.11 Å². The second-order valence-corrected chi connectivity index (χ2v) is 6.41. The summed E-state index contributed by atoms with van der Waals surface area (Å²) < 4.78 is 11.0. The van der Waals surface area contributed by atoms with Crippen molar-refractivity contribution in [1.29, 1.82) is 0 Å². The molecule has 136 valence electrons. The highest BCUT2D eigenvalue weighted by molar-refractivity contribution is 5.72. The number of benzene rings is 1. The molecule has 0 atom stereocenters. The van der Waals surface area contributed by atoms with E-state index in [1.165, 1.54) is 0 Å². The van der Waals surface area contributed by atoms with Crippen LogP contribution in [0.3, 0.4) is 0 Å². The number of aryl methyl sites for hydroxylation is 1. The number of methoxy groups -OCH3 is 1. The summed E-state index contributed by atoms with van der Waals surface area (Å²) in [6.07, 6.45) is 3.66. The van der Waals surface area contributed by atoms with E-state index in [-0.39, 0.29) is 0 Å². The molecule has 7 heteroatoms. The highest BCUT2D eigenvalue weighted by Crippen LogP contribution is 2.17. The van der Waals surface area contributed by atoms with E-state index in [4.69, 9.17) is 9.15 Å².